The van der Waals surface area contributed by atoms with Gasteiger partial charge in [-0.25, -0.2) is 0 Å². The van der Waals surface area contributed by atoms with Crippen LogP contribution in [0.4, 0.5) is 49.1 Å². The lowest BCUT2D eigenvalue weighted by atomic mass is 9.72. The van der Waals surface area contributed by atoms with Gasteiger partial charge in [0.25, 0.3) is 39.8 Å². The Hall–Kier alpha value is -5.77. The van der Waals surface area contributed by atoms with Crippen molar-refractivity contribution in [2.75, 3.05) is 10.6 Å². The Balaban J connectivity index is 2.13. The Kier molecular flexibility index (Phi) is 16.3. The molecule has 0 heterocycles. The average Bonchev–Trinajstić information content (AvgIpc) is 3.21. The number of hydrogen-bond donors (Lipinski definition) is 2. The molecule has 0 aliphatic carbocycles. The molecule has 0 saturated carbocycles. The molecule has 4 aromatic carbocycles. The number of rotatable bonds is 18. The smallest absolute Gasteiger partial charge is 0.411 e. The van der Waals surface area contributed by atoms with Crippen molar-refractivity contribution in [3.05, 3.63) is 127 Å². The number of halogens is 6. The number of hydrogen-bond acceptors (Lipinski definition) is 8. The zero-order valence-electron chi connectivity index (χ0n) is 39.5. The van der Waals surface area contributed by atoms with E-state index in [-0.39, 0.29) is 55.9 Å². The number of amides is 2. The minimum Gasteiger partial charge on any atom is -0.541 e. The van der Waals surface area contributed by atoms with Gasteiger partial charge in [-0.3, -0.25) is 29.8 Å². The Bertz CT molecular complexity index is 2260. The fraction of sp³-hybridized carbons (Fsp3) is 0.447. The molecule has 4 aromatic rings. The zero-order chi connectivity index (χ0) is 50.8. The molecule has 2 amide bonds. The van der Waals surface area contributed by atoms with E-state index in [9.17, 15) is 29.8 Å². The lowest BCUT2D eigenvalue weighted by molar-refractivity contribution is -0.385. The van der Waals surface area contributed by atoms with Crippen molar-refractivity contribution in [1.29, 1.82) is 0 Å². The van der Waals surface area contributed by atoms with Gasteiger partial charge < -0.3 is 19.5 Å². The predicted molar refractivity (Wildman–Crippen MR) is 251 cm³/mol. The van der Waals surface area contributed by atoms with Gasteiger partial charge in [-0.1, -0.05) is 107 Å². The molecule has 0 saturated heterocycles. The second-order valence-electron chi connectivity index (χ2n) is 18.5. The van der Waals surface area contributed by atoms with Crippen LogP contribution in [-0.2, 0) is 5.41 Å². The first kappa shape index (κ1) is 53.8. The Morgan fingerprint density at radius 3 is 1.06 bits per heavy atom. The van der Waals surface area contributed by atoms with Gasteiger partial charge in [-0.05, 0) is 80.8 Å². The lowest BCUT2D eigenvalue weighted by Gasteiger charge is -2.43. The van der Waals surface area contributed by atoms with E-state index in [1.54, 1.807) is 0 Å². The van der Waals surface area contributed by atoms with Crippen molar-refractivity contribution in [3.8, 4) is 11.5 Å². The molecule has 0 aliphatic heterocycles. The Morgan fingerprint density at radius 2 is 0.806 bits per heavy atom. The maximum absolute atomic E-state index is 16.1. The Labute approximate surface area is 388 Å². The topological polar surface area (TPSA) is 163 Å². The fourth-order valence-electron chi connectivity index (χ4n) is 9.88. The predicted octanol–water partition coefficient (Wildman–Crippen LogP) is 14.5. The third-order valence-corrected chi connectivity index (χ3v) is 24.8. The molecule has 0 bridgehead atoms. The van der Waals surface area contributed by atoms with Crippen molar-refractivity contribution in [3.63, 3.8) is 0 Å². The van der Waals surface area contributed by atoms with Crippen molar-refractivity contribution >= 4 is 51.2 Å². The summed E-state index contributed by atoms with van der Waals surface area (Å²) < 4.78 is 110. The maximum atomic E-state index is 16.1. The number of nitro groups is 2. The van der Waals surface area contributed by atoms with E-state index < -0.39 is 89.9 Å². The molecule has 0 spiro atoms. The molecular weight excluding hydrogens is 919 g/mol. The van der Waals surface area contributed by atoms with Crippen LogP contribution in [0.5, 0.6) is 11.5 Å². The van der Waals surface area contributed by atoms with E-state index in [1.165, 1.54) is 24.3 Å². The third kappa shape index (κ3) is 10.4. The number of carbonyl (C=O) groups is 2. The number of nitro benzene ring substituents is 2. The van der Waals surface area contributed by atoms with Crippen LogP contribution < -0.4 is 19.5 Å². The summed E-state index contributed by atoms with van der Waals surface area (Å²) in [7, 11) is -6.08. The second kappa shape index (κ2) is 20.2. The quantitative estimate of drug-likeness (QED) is 0.0431. The summed E-state index contributed by atoms with van der Waals surface area (Å²) in [5.74, 6) is -2.59. The SMILES string of the molecule is CC(C)[Si](Oc1ccc(C(c2ccc(O[Si](C(C)C)(C(C)C)C(C)C)c(NC(=O)c3cccc([N+](=O)[O-])c3)c2)(C(F)(F)F)C(F)(F)F)cc1NC(=O)c1cccc([N+](=O)[O-])c1)(C(C)C)C(C)C. The van der Waals surface area contributed by atoms with Crippen LogP contribution in [0.15, 0.2) is 84.9 Å². The van der Waals surface area contributed by atoms with Crippen LogP contribution in [0, 0.1) is 20.2 Å². The highest BCUT2D eigenvalue weighted by Gasteiger charge is 2.73. The largest absolute Gasteiger partial charge is 0.541 e. The normalized spacial score (nSPS) is 12.9. The second-order valence-corrected chi connectivity index (χ2v) is 29.3. The van der Waals surface area contributed by atoms with E-state index in [0.717, 1.165) is 36.4 Å². The van der Waals surface area contributed by atoms with Gasteiger partial charge in [0, 0.05) is 35.4 Å². The van der Waals surface area contributed by atoms with Crippen LogP contribution in [0.2, 0.25) is 33.2 Å². The van der Waals surface area contributed by atoms with Crippen LogP contribution in [0.3, 0.4) is 0 Å². The van der Waals surface area contributed by atoms with E-state index in [4.69, 9.17) is 8.85 Å². The molecule has 0 aliphatic rings. The van der Waals surface area contributed by atoms with Crippen LogP contribution in [0.1, 0.15) is 115 Å². The van der Waals surface area contributed by atoms with Gasteiger partial charge in [-0.15, -0.1) is 0 Å². The van der Waals surface area contributed by atoms with E-state index in [1.807, 2.05) is 83.1 Å². The van der Waals surface area contributed by atoms with Crippen molar-refractivity contribution < 1.29 is 54.6 Å². The van der Waals surface area contributed by atoms with Gasteiger partial charge in [0.1, 0.15) is 11.5 Å². The summed E-state index contributed by atoms with van der Waals surface area (Å²) in [5.41, 5.74) is -11.2. The number of benzene rings is 4. The summed E-state index contributed by atoms with van der Waals surface area (Å²) in [6.45, 7) is 22.8. The van der Waals surface area contributed by atoms with Gasteiger partial charge in [0.15, 0.2) is 0 Å². The molecule has 0 fully saturated rings. The monoisotopic (exact) mass is 976 g/mol. The number of non-ortho nitro benzene ring substituents is 2. The highest BCUT2D eigenvalue weighted by Crippen LogP contribution is 2.58. The summed E-state index contributed by atoms with van der Waals surface area (Å²) in [5, 5.41) is 28.0. The molecule has 4 rings (SSSR count). The van der Waals surface area contributed by atoms with Gasteiger partial charge in [0.05, 0.1) is 21.2 Å². The first-order valence-corrected chi connectivity index (χ1v) is 26.1. The van der Waals surface area contributed by atoms with Crippen LogP contribution in [-0.4, -0.2) is 50.6 Å². The average molecular weight is 977 g/mol. The summed E-state index contributed by atoms with van der Waals surface area (Å²) in [6, 6.07) is 13.1. The molecular formula is C47H58F6N4O8Si2. The molecule has 0 unspecified atom stereocenters. The molecule has 0 radical (unpaired) electrons. The zero-order valence-corrected chi connectivity index (χ0v) is 41.5. The number of carbonyl (C=O) groups excluding carboxylic acids is 2. The maximum Gasteiger partial charge on any atom is 0.411 e. The number of nitrogens with one attached hydrogen (secondary N) is 2. The lowest BCUT2D eigenvalue weighted by Crippen LogP contribution is -2.55. The first-order chi connectivity index (χ1) is 30.9. The number of nitrogens with zero attached hydrogens (tertiary/aromatic N) is 2. The highest BCUT2D eigenvalue weighted by molar-refractivity contribution is 6.78. The minimum atomic E-state index is -6.17. The standard InChI is InChI=1S/C47H58F6N4O8Si2/c1-27(2)66(28(3)4,29(5)6)64-41-21-19-35(25-39(41)54-43(58)33-15-13-17-37(23-33)56(60)61)45(46(48,49)50,47(51,52)53)36-20-22-42(65-67(30(7)8,31(9)10)32(11)12)40(26-36)55-44(59)34-16-14-18-38(24-34)57(62)63/h13-32H,1-12H3,(H,54,58)(H,55,59). The van der Waals surface area contributed by atoms with Crippen LogP contribution >= 0.6 is 0 Å². The molecule has 20 heteroatoms. The van der Waals surface area contributed by atoms with Gasteiger partial charge >= 0.3 is 12.4 Å². The first-order valence-electron chi connectivity index (χ1n) is 21.8. The molecule has 12 nitrogen and oxygen atoms in total. The van der Waals surface area contributed by atoms with E-state index in [0.29, 0.717) is 24.3 Å². The third-order valence-electron chi connectivity index (χ3n) is 12.8. The van der Waals surface area contributed by atoms with E-state index in [2.05, 4.69) is 10.6 Å². The summed E-state index contributed by atoms with van der Waals surface area (Å²) >= 11 is 0. The van der Waals surface area contributed by atoms with Gasteiger partial charge in [0.2, 0.25) is 5.41 Å². The number of anilines is 2. The van der Waals surface area contributed by atoms with Crippen molar-refractivity contribution in [2.24, 2.45) is 0 Å². The molecule has 0 aromatic heterocycles. The summed E-state index contributed by atoms with van der Waals surface area (Å²) in [6.07, 6.45) is -12.3. The van der Waals surface area contributed by atoms with Crippen molar-refractivity contribution in [1.82, 2.24) is 0 Å². The van der Waals surface area contributed by atoms with Gasteiger partial charge in [-0.2, -0.15) is 26.3 Å². The molecule has 67 heavy (non-hydrogen) atoms. The minimum absolute atomic E-state index is 0.141. The number of alkyl halides is 6. The fourth-order valence-corrected chi connectivity index (χ4v) is 20.4. The highest BCUT2D eigenvalue weighted by atomic mass is 28.4. The summed E-state index contributed by atoms with van der Waals surface area (Å²) in [4.78, 5) is 49.3. The van der Waals surface area contributed by atoms with Crippen molar-refractivity contribution in [2.45, 2.75) is 134 Å². The van der Waals surface area contributed by atoms with Crippen LogP contribution in [0.25, 0.3) is 0 Å². The van der Waals surface area contributed by atoms with E-state index >= 15 is 26.3 Å². The molecule has 364 valence electrons. The molecule has 2 N–H and O–H groups in total. The Morgan fingerprint density at radius 1 is 0.507 bits per heavy atom. The molecule has 0 atom stereocenters.